The largest absolute Gasteiger partial charge is 0.470 e. The van der Waals surface area contributed by atoms with Crippen molar-refractivity contribution >= 4 is 5.91 Å². The Morgan fingerprint density at radius 3 is 1.40 bits per heavy atom. The van der Waals surface area contributed by atoms with E-state index in [0.717, 1.165) is 0 Å². The lowest BCUT2D eigenvalue weighted by atomic mass is 10.1. The number of hydrogen-bond donors (Lipinski definition) is 1. The minimum absolute atomic E-state index is 1.36. The zero-order chi connectivity index (χ0) is 12.3. The first kappa shape index (κ1) is 16.7. The van der Waals surface area contributed by atoms with Gasteiger partial charge in [-0.05, 0) is 0 Å². The molecular formula is C10H20F3NO. The second kappa shape index (κ2) is 9.80. The summed E-state index contributed by atoms with van der Waals surface area (Å²) in [5.41, 5.74) is 3.81. The van der Waals surface area contributed by atoms with E-state index in [0.29, 0.717) is 0 Å². The highest BCUT2D eigenvalue weighted by Crippen LogP contribution is 2.11. The van der Waals surface area contributed by atoms with Crippen LogP contribution in [0.15, 0.2) is 0 Å². The number of carbonyl (C=O) groups excluding carboxylic acids is 1. The number of alkyl halides is 3. The number of halogens is 3. The second-order valence-corrected chi connectivity index (χ2v) is 3.28. The molecule has 0 rings (SSSR count). The Labute approximate surface area is 89.0 Å². The Kier molecular flexibility index (Phi) is 10.9. The van der Waals surface area contributed by atoms with Crippen LogP contribution in [0.2, 0.25) is 0 Å². The van der Waals surface area contributed by atoms with Crippen molar-refractivity contribution in [1.82, 2.24) is 0 Å². The van der Waals surface area contributed by atoms with E-state index < -0.39 is 12.1 Å². The van der Waals surface area contributed by atoms with E-state index in [1.165, 1.54) is 38.5 Å². The van der Waals surface area contributed by atoms with Crippen LogP contribution in [-0.2, 0) is 4.79 Å². The van der Waals surface area contributed by atoms with Crippen molar-refractivity contribution in [3.63, 3.8) is 0 Å². The van der Waals surface area contributed by atoms with Crippen molar-refractivity contribution in [3.05, 3.63) is 0 Å². The van der Waals surface area contributed by atoms with Crippen LogP contribution in [0.4, 0.5) is 13.2 Å². The number of unbranched alkanes of at least 4 members (excludes halogenated alkanes) is 5. The number of nitrogens with two attached hydrogens (primary N) is 1. The fraction of sp³-hybridized carbons (Fsp3) is 0.900. The Morgan fingerprint density at radius 1 is 1.00 bits per heavy atom. The summed E-state index contributed by atoms with van der Waals surface area (Å²) in [6.45, 7) is 4.51. The van der Waals surface area contributed by atoms with Gasteiger partial charge in [-0.2, -0.15) is 13.2 Å². The predicted octanol–water partition coefficient (Wildman–Crippen LogP) is 3.40. The third-order valence-corrected chi connectivity index (χ3v) is 1.74. The number of hydrogen-bond acceptors (Lipinski definition) is 1. The van der Waals surface area contributed by atoms with Gasteiger partial charge in [0.2, 0.25) is 0 Å². The first-order chi connectivity index (χ1) is 6.86. The molecule has 5 heteroatoms. The van der Waals surface area contributed by atoms with Gasteiger partial charge in [0.25, 0.3) is 0 Å². The molecular weight excluding hydrogens is 207 g/mol. The van der Waals surface area contributed by atoms with E-state index in [4.69, 9.17) is 4.79 Å². The summed E-state index contributed by atoms with van der Waals surface area (Å²) in [7, 11) is 0. The van der Waals surface area contributed by atoms with Crippen molar-refractivity contribution in [2.45, 2.75) is 58.5 Å². The summed E-state index contributed by atoms with van der Waals surface area (Å²) in [6, 6.07) is 0. The zero-order valence-electron chi connectivity index (χ0n) is 9.36. The van der Waals surface area contributed by atoms with Crippen molar-refractivity contribution < 1.29 is 18.0 Å². The van der Waals surface area contributed by atoms with E-state index in [1.807, 2.05) is 0 Å². The van der Waals surface area contributed by atoms with E-state index in [2.05, 4.69) is 19.6 Å². The summed E-state index contributed by atoms with van der Waals surface area (Å²) >= 11 is 0. The van der Waals surface area contributed by atoms with Crippen molar-refractivity contribution in [2.75, 3.05) is 0 Å². The highest BCUT2D eigenvalue weighted by atomic mass is 19.4. The van der Waals surface area contributed by atoms with Gasteiger partial charge in [0, 0.05) is 0 Å². The Bertz CT molecular complexity index is 151. The molecule has 0 bridgehead atoms. The summed E-state index contributed by atoms with van der Waals surface area (Å²) in [5.74, 6) is -2.26. The van der Waals surface area contributed by atoms with E-state index in [9.17, 15) is 13.2 Å². The van der Waals surface area contributed by atoms with Crippen LogP contribution in [0.5, 0.6) is 0 Å². The zero-order valence-corrected chi connectivity index (χ0v) is 9.36. The fourth-order valence-corrected chi connectivity index (χ4v) is 0.854. The van der Waals surface area contributed by atoms with Crippen LogP contribution in [0, 0.1) is 0 Å². The predicted molar refractivity (Wildman–Crippen MR) is 54.3 cm³/mol. The molecule has 0 spiro atoms. The van der Waals surface area contributed by atoms with Crippen LogP contribution in [0.1, 0.15) is 52.4 Å². The average molecular weight is 227 g/mol. The van der Waals surface area contributed by atoms with Gasteiger partial charge in [-0.3, -0.25) is 4.79 Å². The van der Waals surface area contributed by atoms with Crippen LogP contribution in [-0.4, -0.2) is 12.1 Å². The van der Waals surface area contributed by atoms with Gasteiger partial charge >= 0.3 is 12.1 Å². The van der Waals surface area contributed by atoms with Crippen LogP contribution < -0.4 is 5.73 Å². The summed E-state index contributed by atoms with van der Waals surface area (Å²) in [4.78, 5) is 9.12. The molecule has 0 aromatic carbocycles. The number of carbonyl (C=O) groups is 1. The minimum atomic E-state index is -4.86. The molecule has 0 aliphatic carbocycles. The molecule has 0 aliphatic heterocycles. The maximum atomic E-state index is 10.7. The monoisotopic (exact) mass is 227 g/mol. The molecule has 0 fully saturated rings. The molecule has 0 atom stereocenters. The normalized spacial score (nSPS) is 10.5. The van der Waals surface area contributed by atoms with Crippen LogP contribution in [0.25, 0.3) is 0 Å². The Balaban J connectivity index is 0. The van der Waals surface area contributed by atoms with Gasteiger partial charge in [0.1, 0.15) is 0 Å². The van der Waals surface area contributed by atoms with Gasteiger partial charge in [0.05, 0.1) is 0 Å². The highest BCUT2D eigenvalue weighted by molar-refractivity contribution is 5.79. The standard InChI is InChI=1S/C8H18.C2H2F3NO/c1-3-5-7-8-6-4-2;3-2(4,5)1(6)7/h3-8H2,1-2H3;(H2,6,7). The smallest absolute Gasteiger partial charge is 0.362 e. The minimum Gasteiger partial charge on any atom is -0.362 e. The molecule has 1 amide bonds. The van der Waals surface area contributed by atoms with Crippen molar-refractivity contribution in [1.29, 1.82) is 0 Å². The maximum absolute atomic E-state index is 10.7. The van der Waals surface area contributed by atoms with Gasteiger partial charge in [0.15, 0.2) is 0 Å². The number of rotatable bonds is 5. The summed E-state index contributed by atoms with van der Waals surface area (Å²) in [5, 5.41) is 0. The lowest BCUT2D eigenvalue weighted by Gasteiger charge is -1.95. The molecule has 0 heterocycles. The Hall–Kier alpha value is -0.740. The lowest BCUT2D eigenvalue weighted by molar-refractivity contribution is -0.169. The van der Waals surface area contributed by atoms with Gasteiger partial charge in [-0.25, -0.2) is 0 Å². The van der Waals surface area contributed by atoms with Crippen LogP contribution >= 0.6 is 0 Å². The quantitative estimate of drug-likeness (QED) is 0.719. The average Bonchev–Trinajstić information content (AvgIpc) is 2.12. The molecule has 0 aromatic heterocycles. The molecule has 0 radical (unpaired) electrons. The second-order valence-electron chi connectivity index (χ2n) is 3.28. The number of amides is 1. The van der Waals surface area contributed by atoms with Crippen molar-refractivity contribution in [3.8, 4) is 0 Å². The van der Waals surface area contributed by atoms with Gasteiger partial charge in [-0.1, -0.05) is 52.4 Å². The third kappa shape index (κ3) is 16.0. The maximum Gasteiger partial charge on any atom is 0.470 e. The van der Waals surface area contributed by atoms with E-state index in [1.54, 1.807) is 0 Å². The lowest BCUT2D eigenvalue weighted by Crippen LogP contribution is -2.30. The molecule has 0 aliphatic rings. The van der Waals surface area contributed by atoms with Gasteiger partial charge < -0.3 is 5.73 Å². The SMILES string of the molecule is CCCCCCCC.NC(=O)C(F)(F)F. The van der Waals surface area contributed by atoms with Crippen LogP contribution in [0.3, 0.4) is 0 Å². The molecule has 0 saturated carbocycles. The molecule has 15 heavy (non-hydrogen) atoms. The van der Waals surface area contributed by atoms with E-state index in [-0.39, 0.29) is 0 Å². The first-order valence-corrected chi connectivity index (χ1v) is 5.22. The molecule has 0 aromatic rings. The Morgan fingerprint density at radius 2 is 1.27 bits per heavy atom. The molecule has 2 N–H and O–H groups in total. The first-order valence-electron chi connectivity index (χ1n) is 5.22. The number of primary amides is 1. The molecule has 2 nitrogen and oxygen atoms in total. The topological polar surface area (TPSA) is 43.1 Å². The molecule has 92 valence electrons. The summed E-state index contributed by atoms with van der Waals surface area (Å²) < 4.78 is 32.1. The van der Waals surface area contributed by atoms with Crippen molar-refractivity contribution in [2.24, 2.45) is 5.73 Å². The molecule has 0 saturated heterocycles. The highest BCUT2D eigenvalue weighted by Gasteiger charge is 2.35. The van der Waals surface area contributed by atoms with Gasteiger partial charge in [-0.15, -0.1) is 0 Å². The third-order valence-electron chi connectivity index (χ3n) is 1.74. The molecule has 0 unspecified atom stereocenters. The van der Waals surface area contributed by atoms with E-state index >= 15 is 0 Å². The fourth-order valence-electron chi connectivity index (χ4n) is 0.854. The summed E-state index contributed by atoms with van der Waals surface area (Å²) in [6.07, 6.45) is 3.63.